The summed E-state index contributed by atoms with van der Waals surface area (Å²) in [6, 6.07) is 0. The predicted octanol–water partition coefficient (Wildman–Crippen LogP) is 2.30. The molecule has 6 heteroatoms. The highest BCUT2D eigenvalue weighted by atomic mass is 16.7. The summed E-state index contributed by atoms with van der Waals surface area (Å²) in [5, 5.41) is 13.3. The predicted molar refractivity (Wildman–Crippen MR) is 75.3 cm³/mol. The van der Waals surface area contributed by atoms with Crippen molar-refractivity contribution in [3.63, 3.8) is 0 Å². The third-order valence-corrected chi connectivity index (χ3v) is 3.80. The van der Waals surface area contributed by atoms with Gasteiger partial charge in [-0.05, 0) is 40.5 Å². The molecule has 0 aromatic carbocycles. The Morgan fingerprint density at radius 1 is 1.10 bits per heavy atom. The molecule has 1 aliphatic heterocycles. The molecular weight excluding hydrogens is 274 g/mol. The zero-order valence-corrected chi connectivity index (χ0v) is 13.8. The van der Waals surface area contributed by atoms with E-state index in [0.717, 1.165) is 5.06 Å². The molecule has 1 aliphatic rings. The van der Waals surface area contributed by atoms with Gasteiger partial charge in [-0.1, -0.05) is 13.8 Å². The van der Waals surface area contributed by atoms with Gasteiger partial charge in [-0.3, -0.25) is 9.59 Å². The number of ether oxygens (including phenoxy) is 2. The lowest BCUT2D eigenvalue weighted by Gasteiger charge is -2.49. The molecule has 0 bridgehead atoms. The van der Waals surface area contributed by atoms with Gasteiger partial charge in [0.05, 0.1) is 11.8 Å². The molecule has 1 radical (unpaired) electrons. The van der Waals surface area contributed by atoms with Gasteiger partial charge in [0.2, 0.25) is 6.79 Å². The zero-order valence-electron chi connectivity index (χ0n) is 13.8. The second-order valence-corrected chi connectivity index (χ2v) is 7.22. The Kier molecular flexibility index (Phi) is 5.39. The molecule has 0 spiro atoms. The Morgan fingerprint density at radius 3 is 2.00 bits per heavy atom. The van der Waals surface area contributed by atoms with Crippen LogP contribution < -0.4 is 0 Å². The molecule has 21 heavy (non-hydrogen) atoms. The average molecular weight is 300 g/mol. The molecule has 6 nitrogen and oxygen atoms in total. The van der Waals surface area contributed by atoms with E-state index in [0.29, 0.717) is 12.8 Å². The fourth-order valence-corrected chi connectivity index (χ4v) is 2.86. The standard InChI is InChI=1S/C15H26NO5/c1-10(2)12(17)20-9-21-13(18)11-7-14(3,4)16(19)15(5,6)8-11/h10-11H,7-9H2,1-6H3. The van der Waals surface area contributed by atoms with Gasteiger partial charge in [0.15, 0.2) is 0 Å². The number of hydrogen-bond acceptors (Lipinski definition) is 5. The van der Waals surface area contributed by atoms with Gasteiger partial charge < -0.3 is 9.47 Å². The zero-order chi connectivity index (χ0) is 16.4. The molecule has 1 rings (SSSR count). The normalized spacial score (nSPS) is 22.1. The third-order valence-electron chi connectivity index (χ3n) is 3.80. The second-order valence-electron chi connectivity index (χ2n) is 7.22. The largest absolute Gasteiger partial charge is 0.428 e. The summed E-state index contributed by atoms with van der Waals surface area (Å²) >= 11 is 0. The molecule has 0 saturated carbocycles. The van der Waals surface area contributed by atoms with E-state index in [1.165, 1.54) is 0 Å². The highest BCUT2D eigenvalue weighted by molar-refractivity contribution is 5.74. The van der Waals surface area contributed by atoms with E-state index in [9.17, 15) is 14.8 Å². The molecule has 0 atom stereocenters. The minimum atomic E-state index is -0.625. The topological polar surface area (TPSA) is 75.7 Å². The second kappa shape index (κ2) is 6.32. The van der Waals surface area contributed by atoms with Crippen molar-refractivity contribution in [2.45, 2.75) is 65.5 Å². The number of hydrogen-bond donors (Lipinski definition) is 0. The quantitative estimate of drug-likeness (QED) is 0.588. The smallest absolute Gasteiger partial charge is 0.311 e. The molecule has 0 unspecified atom stereocenters. The van der Waals surface area contributed by atoms with E-state index in [1.54, 1.807) is 13.8 Å². The van der Waals surface area contributed by atoms with E-state index in [4.69, 9.17) is 9.47 Å². The van der Waals surface area contributed by atoms with Gasteiger partial charge in [-0.15, -0.1) is 10.3 Å². The Labute approximate surface area is 126 Å². The van der Waals surface area contributed by atoms with Gasteiger partial charge in [0.1, 0.15) is 0 Å². The molecular formula is C15H26NO5. The Morgan fingerprint density at radius 2 is 1.57 bits per heavy atom. The lowest BCUT2D eigenvalue weighted by atomic mass is 9.75. The van der Waals surface area contributed by atoms with Crippen LogP contribution in [0.5, 0.6) is 0 Å². The summed E-state index contributed by atoms with van der Waals surface area (Å²) in [5.74, 6) is -1.44. The molecule has 1 saturated heterocycles. The number of carbonyl (C=O) groups excluding carboxylic acids is 2. The van der Waals surface area contributed by atoms with Gasteiger partial charge in [0.25, 0.3) is 0 Å². The SMILES string of the molecule is CC(C)C(=O)OCOC(=O)C1CC(C)(C)N([O])C(C)(C)C1. The summed E-state index contributed by atoms with van der Waals surface area (Å²) in [6.07, 6.45) is 0.855. The number of esters is 2. The summed E-state index contributed by atoms with van der Waals surface area (Å²) in [7, 11) is 0. The molecule has 1 fully saturated rings. The fraction of sp³-hybridized carbons (Fsp3) is 0.867. The van der Waals surface area contributed by atoms with Crippen molar-refractivity contribution < 1.29 is 24.3 Å². The van der Waals surface area contributed by atoms with Crippen molar-refractivity contribution in [1.82, 2.24) is 5.06 Å². The number of rotatable bonds is 4. The molecule has 0 amide bonds. The Hall–Kier alpha value is -1.14. The van der Waals surface area contributed by atoms with Crippen LogP contribution in [0.25, 0.3) is 0 Å². The number of carbonyl (C=O) groups is 2. The average Bonchev–Trinajstić information content (AvgIpc) is 2.34. The maximum Gasteiger partial charge on any atom is 0.311 e. The fourth-order valence-electron chi connectivity index (χ4n) is 2.86. The van der Waals surface area contributed by atoms with E-state index in [-0.39, 0.29) is 18.6 Å². The van der Waals surface area contributed by atoms with Gasteiger partial charge >= 0.3 is 11.9 Å². The first-order valence-electron chi connectivity index (χ1n) is 7.28. The summed E-state index contributed by atoms with van der Waals surface area (Å²) in [4.78, 5) is 23.4. The van der Waals surface area contributed by atoms with Crippen LogP contribution in [0.1, 0.15) is 54.4 Å². The molecule has 0 aromatic rings. The van der Waals surface area contributed by atoms with Crippen LogP contribution in [-0.4, -0.2) is 34.9 Å². The van der Waals surface area contributed by atoms with E-state index in [2.05, 4.69) is 0 Å². The number of hydroxylamine groups is 2. The van der Waals surface area contributed by atoms with Crippen LogP contribution in [0.4, 0.5) is 0 Å². The van der Waals surface area contributed by atoms with Gasteiger partial charge in [0, 0.05) is 11.1 Å². The van der Waals surface area contributed by atoms with Crippen molar-refractivity contribution in [3.05, 3.63) is 0 Å². The lowest BCUT2D eigenvalue weighted by molar-refractivity contribution is -0.294. The highest BCUT2D eigenvalue weighted by Crippen LogP contribution is 2.40. The van der Waals surface area contributed by atoms with Crippen LogP contribution in [0, 0.1) is 11.8 Å². The van der Waals surface area contributed by atoms with Crippen molar-refractivity contribution in [3.8, 4) is 0 Å². The highest BCUT2D eigenvalue weighted by Gasteiger charge is 2.48. The maximum atomic E-state index is 12.2. The van der Waals surface area contributed by atoms with Crippen molar-refractivity contribution in [1.29, 1.82) is 0 Å². The van der Waals surface area contributed by atoms with Crippen LogP contribution in [0.15, 0.2) is 0 Å². The summed E-state index contributed by atoms with van der Waals surface area (Å²) in [6.45, 7) is 10.3. The lowest BCUT2D eigenvalue weighted by Crippen LogP contribution is -2.59. The Balaban J connectivity index is 2.57. The monoisotopic (exact) mass is 300 g/mol. The molecule has 1 heterocycles. The van der Waals surface area contributed by atoms with E-state index in [1.807, 2.05) is 27.7 Å². The first-order chi connectivity index (χ1) is 9.47. The minimum absolute atomic E-state index is 0.259. The van der Waals surface area contributed by atoms with Crippen molar-refractivity contribution in [2.75, 3.05) is 6.79 Å². The van der Waals surface area contributed by atoms with Crippen LogP contribution in [-0.2, 0) is 24.3 Å². The molecule has 0 aliphatic carbocycles. The van der Waals surface area contributed by atoms with Gasteiger partial charge in [-0.25, -0.2) is 0 Å². The first kappa shape index (κ1) is 17.9. The summed E-state index contributed by atoms with van der Waals surface area (Å²) in [5.41, 5.74) is -1.25. The number of nitrogens with zero attached hydrogens (tertiary/aromatic N) is 1. The van der Waals surface area contributed by atoms with Crippen LogP contribution in [0.2, 0.25) is 0 Å². The van der Waals surface area contributed by atoms with Crippen molar-refractivity contribution in [2.24, 2.45) is 11.8 Å². The molecule has 121 valence electrons. The number of piperidine rings is 1. The molecule has 0 N–H and O–H groups in total. The minimum Gasteiger partial charge on any atom is -0.428 e. The summed E-state index contributed by atoms with van der Waals surface area (Å²) < 4.78 is 9.86. The van der Waals surface area contributed by atoms with Crippen LogP contribution in [0.3, 0.4) is 0 Å². The van der Waals surface area contributed by atoms with Gasteiger partial charge in [-0.2, -0.15) is 0 Å². The van der Waals surface area contributed by atoms with E-state index < -0.39 is 23.0 Å². The Bertz CT molecular complexity index is 385. The van der Waals surface area contributed by atoms with Crippen LogP contribution >= 0.6 is 0 Å². The van der Waals surface area contributed by atoms with Crippen molar-refractivity contribution >= 4 is 11.9 Å². The van der Waals surface area contributed by atoms with E-state index >= 15 is 0 Å². The maximum absolute atomic E-state index is 12.2. The third kappa shape index (κ3) is 4.41. The first-order valence-corrected chi connectivity index (χ1v) is 7.28. The molecule has 0 aromatic heterocycles.